The van der Waals surface area contributed by atoms with Crippen molar-refractivity contribution in [2.75, 3.05) is 19.8 Å². The predicted octanol–water partition coefficient (Wildman–Crippen LogP) is 0.371. The van der Waals surface area contributed by atoms with Gasteiger partial charge in [0.15, 0.2) is 0 Å². The van der Waals surface area contributed by atoms with Crippen molar-refractivity contribution in [3.8, 4) is 0 Å². The third-order valence-corrected chi connectivity index (χ3v) is 4.57. The molecule has 0 aliphatic rings. The minimum atomic E-state index is -2.48. The van der Waals surface area contributed by atoms with Gasteiger partial charge in [-0.25, -0.2) is 0 Å². The van der Waals surface area contributed by atoms with Crippen LogP contribution in [0.3, 0.4) is 0 Å². The Morgan fingerprint density at radius 3 is 1.06 bits per heavy atom. The first-order valence-electron chi connectivity index (χ1n) is 6.17. The van der Waals surface area contributed by atoms with Crippen LogP contribution in [0.4, 0.5) is 0 Å². The van der Waals surface area contributed by atoms with E-state index in [1.54, 1.807) is 0 Å². The van der Waals surface area contributed by atoms with E-state index in [0.717, 1.165) is 19.8 Å². The van der Waals surface area contributed by atoms with Gasteiger partial charge in [0.2, 0.25) is 0 Å². The van der Waals surface area contributed by atoms with Crippen molar-refractivity contribution in [3.63, 3.8) is 0 Å². The molecule has 0 atom stereocenters. The molecule has 0 rings (SSSR count). The first-order chi connectivity index (χ1) is 7.41. The molecular weight excluding hydrogens is 319 g/mol. The fraction of sp³-hybridized carbons (Fsp3) is 1.00. The zero-order valence-electron chi connectivity index (χ0n) is 12.0. The Morgan fingerprint density at radius 1 is 0.647 bits per heavy atom. The van der Waals surface area contributed by atoms with Gasteiger partial charge in [-0.05, 0) is 0 Å². The number of halogens is 1. The summed E-state index contributed by atoms with van der Waals surface area (Å²) in [5.74, 6) is 1.63. The van der Waals surface area contributed by atoms with Crippen molar-refractivity contribution < 1.29 is 43.9 Å². The molecule has 0 fully saturated rings. The molecule has 0 N–H and O–H groups in total. The van der Waals surface area contributed by atoms with Crippen LogP contribution in [0.25, 0.3) is 0 Å². The smallest absolute Gasteiger partial charge is 1.00 e. The summed E-state index contributed by atoms with van der Waals surface area (Å²) in [4.78, 5) is 0. The Labute approximate surface area is 123 Å². The van der Waals surface area contributed by atoms with Gasteiger partial charge in [0.1, 0.15) is 0 Å². The van der Waals surface area contributed by atoms with Crippen molar-refractivity contribution in [2.24, 2.45) is 17.8 Å². The molecule has 3 nitrogen and oxygen atoms in total. The molecule has 0 aromatic rings. The van der Waals surface area contributed by atoms with E-state index >= 15 is 0 Å². The average molecular weight is 346 g/mol. The molecule has 0 spiro atoms. The first-order valence-corrected chi connectivity index (χ1v) is 9.18. The number of hydrogen-bond acceptors (Lipinski definition) is 3. The van der Waals surface area contributed by atoms with Gasteiger partial charge in [-0.2, -0.15) is 0 Å². The molecule has 0 bridgehead atoms. The van der Waals surface area contributed by atoms with Gasteiger partial charge in [-0.15, -0.1) is 0 Å². The Morgan fingerprint density at radius 2 is 0.882 bits per heavy atom. The second kappa shape index (κ2) is 12.1. The minimum absolute atomic E-state index is 0. The maximum absolute atomic E-state index is 5.76. The van der Waals surface area contributed by atoms with Crippen LogP contribution in [0.2, 0.25) is 0 Å². The molecular formula is C12H27ClO3Zr. The summed E-state index contributed by atoms with van der Waals surface area (Å²) in [7, 11) is 0. The second-order valence-corrected chi connectivity index (χ2v) is 8.72. The zero-order chi connectivity index (χ0) is 12.6. The monoisotopic (exact) mass is 344 g/mol. The van der Waals surface area contributed by atoms with Gasteiger partial charge in [-0.3, -0.25) is 0 Å². The maximum atomic E-state index is 5.76. The number of hydrogen-bond donors (Lipinski definition) is 0. The molecule has 0 radical (unpaired) electrons. The summed E-state index contributed by atoms with van der Waals surface area (Å²) >= 11 is -2.48. The molecule has 0 saturated carbocycles. The fourth-order valence-corrected chi connectivity index (χ4v) is 4.91. The van der Waals surface area contributed by atoms with Gasteiger partial charge >= 0.3 is 111 Å². The topological polar surface area (TPSA) is 27.7 Å². The maximum Gasteiger partial charge on any atom is -1.00 e. The summed E-state index contributed by atoms with van der Waals surface area (Å²) in [5.41, 5.74) is 0. The fourth-order valence-electron chi connectivity index (χ4n) is 0.829. The first kappa shape index (κ1) is 20.4. The van der Waals surface area contributed by atoms with Gasteiger partial charge in [0.05, 0.1) is 0 Å². The minimum Gasteiger partial charge on any atom is -1.00 e. The van der Waals surface area contributed by atoms with Crippen LogP contribution in [0, 0.1) is 17.8 Å². The van der Waals surface area contributed by atoms with E-state index < -0.39 is 23.1 Å². The molecule has 0 aliphatic heterocycles. The van der Waals surface area contributed by atoms with Gasteiger partial charge in [0.25, 0.3) is 0 Å². The molecule has 0 aromatic carbocycles. The van der Waals surface area contributed by atoms with Crippen molar-refractivity contribution in [1.82, 2.24) is 0 Å². The molecule has 0 unspecified atom stereocenters. The van der Waals surface area contributed by atoms with Gasteiger partial charge in [-0.1, -0.05) is 0 Å². The third-order valence-electron chi connectivity index (χ3n) is 1.60. The Kier molecular flexibility index (Phi) is 14.5. The SMILES string of the molecule is CC(C)C[O][Zr+]([O]CC(C)C)[O]CC(C)C.[Cl-]. The molecule has 0 heterocycles. The standard InChI is InChI=1S/3C4H9O.ClH.Zr/c3*1-4(2)3-5;;/h3*4H,3H2,1-2H3;1H;/q3*-1;;+4/p-1. The normalized spacial score (nSPS) is 11.1. The number of rotatable bonds is 9. The van der Waals surface area contributed by atoms with Gasteiger partial charge in [0, 0.05) is 0 Å². The van der Waals surface area contributed by atoms with Crippen molar-refractivity contribution >= 4 is 0 Å². The largest absolute Gasteiger partial charge is 1.00 e. The van der Waals surface area contributed by atoms with Crippen molar-refractivity contribution in [3.05, 3.63) is 0 Å². The third kappa shape index (κ3) is 15.0. The molecule has 0 aliphatic carbocycles. The summed E-state index contributed by atoms with van der Waals surface area (Å²) in [6, 6.07) is 0. The Hall–Kier alpha value is 1.05. The van der Waals surface area contributed by atoms with Crippen LogP contribution in [-0.4, -0.2) is 19.8 Å². The Bertz CT molecular complexity index is 137. The van der Waals surface area contributed by atoms with E-state index in [9.17, 15) is 0 Å². The van der Waals surface area contributed by atoms with Gasteiger partial charge < -0.3 is 12.4 Å². The molecule has 5 heteroatoms. The van der Waals surface area contributed by atoms with E-state index in [1.807, 2.05) is 0 Å². The zero-order valence-corrected chi connectivity index (χ0v) is 15.2. The van der Waals surface area contributed by atoms with Crippen molar-refractivity contribution in [1.29, 1.82) is 0 Å². The second-order valence-electron chi connectivity index (χ2n) is 5.36. The van der Waals surface area contributed by atoms with Crippen LogP contribution < -0.4 is 12.4 Å². The molecule has 17 heavy (non-hydrogen) atoms. The van der Waals surface area contributed by atoms with E-state index in [4.69, 9.17) is 8.44 Å². The predicted molar refractivity (Wildman–Crippen MR) is 62.4 cm³/mol. The quantitative estimate of drug-likeness (QED) is 0.604. The van der Waals surface area contributed by atoms with E-state index in [0.29, 0.717) is 17.8 Å². The van der Waals surface area contributed by atoms with E-state index in [2.05, 4.69) is 41.5 Å². The summed E-state index contributed by atoms with van der Waals surface area (Å²) in [5, 5.41) is 0. The van der Waals surface area contributed by atoms with Crippen LogP contribution in [-0.2, 0) is 31.5 Å². The molecule has 104 valence electrons. The van der Waals surface area contributed by atoms with Crippen LogP contribution in [0.1, 0.15) is 41.5 Å². The van der Waals surface area contributed by atoms with Crippen molar-refractivity contribution in [2.45, 2.75) is 41.5 Å². The average Bonchev–Trinajstić information content (AvgIpc) is 2.15. The van der Waals surface area contributed by atoms with E-state index in [1.165, 1.54) is 0 Å². The summed E-state index contributed by atoms with van der Waals surface area (Å²) in [6.07, 6.45) is 0. The van der Waals surface area contributed by atoms with E-state index in [-0.39, 0.29) is 12.4 Å². The van der Waals surface area contributed by atoms with Crippen LogP contribution in [0.5, 0.6) is 0 Å². The molecule has 0 saturated heterocycles. The Balaban J connectivity index is 0. The molecule has 0 aromatic heterocycles. The summed E-state index contributed by atoms with van der Waals surface area (Å²) in [6.45, 7) is 15.1. The summed E-state index contributed by atoms with van der Waals surface area (Å²) < 4.78 is 17.3. The molecule has 0 amide bonds. The van der Waals surface area contributed by atoms with Crippen LogP contribution in [0.15, 0.2) is 0 Å². The van der Waals surface area contributed by atoms with Crippen LogP contribution >= 0.6 is 0 Å².